The molecule has 0 fully saturated rings. The number of ketones is 1. The molecule has 1 aliphatic heterocycles. The lowest BCUT2D eigenvalue weighted by Crippen LogP contribution is -2.35. The summed E-state index contributed by atoms with van der Waals surface area (Å²) in [5.41, 5.74) is 1.15. The number of H-pyrrole nitrogens is 1. The lowest BCUT2D eigenvalue weighted by atomic mass is 9.82. The van der Waals surface area contributed by atoms with Gasteiger partial charge in [-0.15, -0.1) is 0 Å². The number of Topliss-reactive ketones (excluding diaryl/α,β-unsaturated/α-hetero) is 1. The number of aliphatic hydroxyl groups is 1. The topological polar surface area (TPSA) is 82.6 Å². The second-order valence-corrected chi connectivity index (χ2v) is 8.45. The van der Waals surface area contributed by atoms with Gasteiger partial charge in [0.25, 0.3) is 5.91 Å². The average molecular weight is 384 g/mol. The maximum atomic E-state index is 13.2. The molecule has 2 heterocycles. The molecule has 1 atom stereocenters. The number of aromatic nitrogens is 1. The molecule has 0 saturated heterocycles. The van der Waals surface area contributed by atoms with Crippen molar-refractivity contribution < 1.29 is 19.4 Å². The molecule has 1 aromatic heterocycles. The molecule has 0 radical (unpaired) electrons. The molecule has 0 saturated carbocycles. The predicted octanol–water partition coefficient (Wildman–Crippen LogP) is 3.90. The molecule has 0 aliphatic carbocycles. The fraction of sp³-hybridized carbons (Fsp3) is 0.455. The number of amides is 1. The van der Waals surface area contributed by atoms with Gasteiger partial charge in [-0.05, 0) is 19.9 Å². The van der Waals surface area contributed by atoms with Crippen LogP contribution in [0.4, 0.5) is 0 Å². The minimum Gasteiger partial charge on any atom is -0.503 e. The van der Waals surface area contributed by atoms with Crippen molar-refractivity contribution in [2.45, 2.75) is 46.8 Å². The van der Waals surface area contributed by atoms with Crippen molar-refractivity contribution in [1.82, 2.24) is 9.88 Å². The van der Waals surface area contributed by atoms with Gasteiger partial charge in [0.2, 0.25) is 0 Å². The van der Waals surface area contributed by atoms with Crippen molar-refractivity contribution in [2.75, 3.05) is 13.2 Å². The maximum Gasteiger partial charge on any atom is 0.290 e. The predicted molar refractivity (Wildman–Crippen MR) is 108 cm³/mol. The first-order valence-electron chi connectivity index (χ1n) is 9.59. The molecule has 3 rings (SSSR count). The highest BCUT2D eigenvalue weighted by Crippen LogP contribution is 2.42. The standard InChI is InChI=1S/C22H28N2O4/c1-13(2)28-11-10-24-18(15-12-23-16-9-7-6-8-14(15)16)17(19(25)21(24)27)20(26)22(3,4)5/h6-9,12-13,18,23,25H,10-11H2,1-5H3. The van der Waals surface area contributed by atoms with Gasteiger partial charge in [0.05, 0.1) is 24.3 Å². The highest BCUT2D eigenvalue weighted by molar-refractivity contribution is 6.11. The number of rotatable bonds is 6. The van der Waals surface area contributed by atoms with Crippen LogP contribution >= 0.6 is 0 Å². The van der Waals surface area contributed by atoms with Crippen LogP contribution in [0.5, 0.6) is 0 Å². The summed E-state index contributed by atoms with van der Waals surface area (Å²) in [4.78, 5) is 30.8. The van der Waals surface area contributed by atoms with Crippen molar-refractivity contribution in [3.05, 3.63) is 47.4 Å². The van der Waals surface area contributed by atoms with Gasteiger partial charge in [-0.1, -0.05) is 39.0 Å². The number of carbonyl (C=O) groups is 2. The van der Waals surface area contributed by atoms with Crippen molar-refractivity contribution >= 4 is 22.6 Å². The quantitative estimate of drug-likeness (QED) is 0.791. The van der Waals surface area contributed by atoms with E-state index in [2.05, 4.69) is 4.98 Å². The minimum atomic E-state index is -0.724. The smallest absolute Gasteiger partial charge is 0.290 e. The molecular weight excluding hydrogens is 356 g/mol. The number of nitrogens with zero attached hydrogens (tertiary/aromatic N) is 1. The van der Waals surface area contributed by atoms with Gasteiger partial charge in [-0.3, -0.25) is 9.59 Å². The number of carbonyl (C=O) groups excluding carboxylic acids is 2. The SMILES string of the molecule is CC(C)OCCN1C(=O)C(O)=C(C(=O)C(C)(C)C)C1c1c[nH]c2ccccc12. The van der Waals surface area contributed by atoms with Crippen LogP contribution < -0.4 is 0 Å². The second-order valence-electron chi connectivity index (χ2n) is 8.45. The van der Waals surface area contributed by atoms with E-state index in [0.29, 0.717) is 6.61 Å². The van der Waals surface area contributed by atoms with E-state index < -0.39 is 23.1 Å². The Morgan fingerprint density at radius 3 is 2.61 bits per heavy atom. The van der Waals surface area contributed by atoms with Crippen LogP contribution in [-0.2, 0) is 14.3 Å². The summed E-state index contributed by atoms with van der Waals surface area (Å²) in [5, 5.41) is 11.5. The van der Waals surface area contributed by atoms with E-state index in [-0.39, 0.29) is 24.0 Å². The number of nitrogens with one attached hydrogen (secondary N) is 1. The molecule has 0 spiro atoms. The first kappa shape index (κ1) is 20.1. The molecule has 2 N–H and O–H groups in total. The van der Waals surface area contributed by atoms with Crippen LogP contribution in [0, 0.1) is 5.41 Å². The average Bonchev–Trinajstić information content (AvgIpc) is 3.14. The number of aromatic amines is 1. The van der Waals surface area contributed by atoms with Gasteiger partial charge >= 0.3 is 0 Å². The zero-order valence-corrected chi connectivity index (χ0v) is 17.1. The maximum absolute atomic E-state index is 13.2. The number of aliphatic hydroxyl groups excluding tert-OH is 1. The molecule has 6 nitrogen and oxygen atoms in total. The summed E-state index contributed by atoms with van der Waals surface area (Å²) in [6.45, 7) is 9.82. The van der Waals surface area contributed by atoms with Gasteiger partial charge in [-0.25, -0.2) is 0 Å². The molecule has 1 amide bonds. The Kier molecular flexibility index (Phi) is 5.35. The number of para-hydroxylation sites is 1. The zero-order valence-electron chi connectivity index (χ0n) is 17.1. The Labute approximate surface area is 165 Å². The Morgan fingerprint density at radius 2 is 1.96 bits per heavy atom. The fourth-order valence-electron chi connectivity index (χ4n) is 3.55. The monoisotopic (exact) mass is 384 g/mol. The molecule has 1 aromatic carbocycles. The summed E-state index contributed by atoms with van der Waals surface area (Å²) in [6, 6.07) is 7.08. The van der Waals surface area contributed by atoms with Gasteiger partial charge in [0, 0.05) is 34.6 Å². The lowest BCUT2D eigenvalue weighted by molar-refractivity contribution is -0.130. The highest BCUT2D eigenvalue weighted by atomic mass is 16.5. The fourth-order valence-corrected chi connectivity index (χ4v) is 3.55. The summed E-state index contributed by atoms with van der Waals surface area (Å²) in [6.07, 6.45) is 1.84. The Hall–Kier alpha value is -2.60. The van der Waals surface area contributed by atoms with Crippen LogP contribution in [-0.4, -0.2) is 45.9 Å². The zero-order chi connectivity index (χ0) is 20.6. The van der Waals surface area contributed by atoms with E-state index in [9.17, 15) is 14.7 Å². The van der Waals surface area contributed by atoms with E-state index >= 15 is 0 Å². The van der Waals surface area contributed by atoms with Crippen molar-refractivity contribution in [3.8, 4) is 0 Å². The van der Waals surface area contributed by atoms with Crippen LogP contribution in [0.1, 0.15) is 46.2 Å². The number of ether oxygens (including phenoxy) is 1. The first-order chi connectivity index (χ1) is 13.1. The Balaban J connectivity index is 2.09. The summed E-state index contributed by atoms with van der Waals surface area (Å²) < 4.78 is 5.62. The number of hydrogen-bond acceptors (Lipinski definition) is 4. The molecule has 6 heteroatoms. The van der Waals surface area contributed by atoms with Gasteiger partial charge in [0.1, 0.15) is 0 Å². The van der Waals surface area contributed by atoms with Crippen LogP contribution in [0.15, 0.2) is 41.8 Å². The Morgan fingerprint density at radius 1 is 1.29 bits per heavy atom. The van der Waals surface area contributed by atoms with Crippen LogP contribution in [0.25, 0.3) is 10.9 Å². The molecule has 150 valence electrons. The van der Waals surface area contributed by atoms with Crippen molar-refractivity contribution in [1.29, 1.82) is 0 Å². The second kappa shape index (κ2) is 7.43. The van der Waals surface area contributed by atoms with E-state index in [4.69, 9.17) is 4.74 Å². The molecule has 1 unspecified atom stereocenters. The van der Waals surface area contributed by atoms with Gasteiger partial charge < -0.3 is 19.7 Å². The van der Waals surface area contributed by atoms with Crippen molar-refractivity contribution in [2.24, 2.45) is 5.41 Å². The third kappa shape index (κ3) is 3.56. The number of benzene rings is 1. The molecule has 2 aromatic rings. The third-order valence-electron chi connectivity index (χ3n) is 4.93. The third-order valence-corrected chi connectivity index (χ3v) is 4.93. The Bertz CT molecular complexity index is 933. The first-order valence-corrected chi connectivity index (χ1v) is 9.59. The summed E-state index contributed by atoms with van der Waals surface area (Å²) in [7, 11) is 0. The molecule has 28 heavy (non-hydrogen) atoms. The molecular formula is C22H28N2O4. The minimum absolute atomic E-state index is 0.0291. The number of hydrogen-bond donors (Lipinski definition) is 2. The van der Waals surface area contributed by atoms with E-state index in [1.54, 1.807) is 20.8 Å². The molecule has 0 bridgehead atoms. The van der Waals surface area contributed by atoms with E-state index in [1.807, 2.05) is 44.3 Å². The van der Waals surface area contributed by atoms with Gasteiger partial charge in [-0.2, -0.15) is 0 Å². The van der Waals surface area contributed by atoms with E-state index in [1.165, 1.54) is 4.90 Å². The van der Waals surface area contributed by atoms with Crippen molar-refractivity contribution in [3.63, 3.8) is 0 Å². The normalized spacial score (nSPS) is 18.0. The van der Waals surface area contributed by atoms with Crippen LogP contribution in [0.2, 0.25) is 0 Å². The molecule has 1 aliphatic rings. The van der Waals surface area contributed by atoms with E-state index in [0.717, 1.165) is 16.5 Å². The highest BCUT2D eigenvalue weighted by Gasteiger charge is 2.46. The number of fused-ring (bicyclic) bond motifs is 1. The lowest BCUT2D eigenvalue weighted by Gasteiger charge is -2.28. The van der Waals surface area contributed by atoms with Crippen LogP contribution in [0.3, 0.4) is 0 Å². The largest absolute Gasteiger partial charge is 0.503 e. The van der Waals surface area contributed by atoms with Gasteiger partial charge in [0.15, 0.2) is 11.5 Å². The summed E-state index contributed by atoms with van der Waals surface area (Å²) >= 11 is 0. The summed E-state index contributed by atoms with van der Waals surface area (Å²) in [5.74, 6) is -1.23.